The maximum absolute atomic E-state index is 14.4. The van der Waals surface area contributed by atoms with Crippen molar-refractivity contribution in [3.05, 3.63) is 72.0 Å². The van der Waals surface area contributed by atoms with E-state index in [0.717, 1.165) is 10.5 Å². The number of likely N-dealkylation sites (N-methyl/N-ethyl adjacent to an activating group) is 1. The van der Waals surface area contributed by atoms with Gasteiger partial charge >= 0.3 is 17.9 Å². The van der Waals surface area contributed by atoms with Crippen LogP contribution in [0.15, 0.2) is 71.4 Å². The second kappa shape index (κ2) is 31.2. The first-order valence-corrected chi connectivity index (χ1v) is 25.0. The van der Waals surface area contributed by atoms with Crippen LogP contribution in [0.4, 0.5) is 0 Å². The Kier molecular flexibility index (Phi) is 26.4. The summed E-state index contributed by atoms with van der Waals surface area (Å²) in [6, 6.07) is 0.542. The van der Waals surface area contributed by atoms with Gasteiger partial charge in [0.25, 0.3) is 5.91 Å². The van der Waals surface area contributed by atoms with Gasteiger partial charge < -0.3 is 63.2 Å². The van der Waals surface area contributed by atoms with E-state index in [1.54, 1.807) is 40.7 Å². The van der Waals surface area contributed by atoms with Gasteiger partial charge in [-0.3, -0.25) is 43.3 Å². The molecule has 75 heavy (non-hydrogen) atoms. The van der Waals surface area contributed by atoms with Gasteiger partial charge in [0.05, 0.1) is 18.4 Å². The first-order valence-electron chi connectivity index (χ1n) is 25.0. The number of rotatable bonds is 17. The predicted molar refractivity (Wildman–Crippen MR) is 278 cm³/mol. The molecule has 0 aliphatic carbocycles. The van der Waals surface area contributed by atoms with Crippen LogP contribution in [0.3, 0.4) is 0 Å². The number of guanidine groups is 1. The molecule has 0 unspecified atom stereocenters. The molecule has 1 aromatic carbocycles. The number of aliphatic carboxylic acids is 2. The van der Waals surface area contributed by atoms with Crippen LogP contribution < -0.4 is 43.4 Å². The molecule has 1 aliphatic rings. The highest BCUT2D eigenvalue weighted by molar-refractivity contribution is 6.00. The summed E-state index contributed by atoms with van der Waals surface area (Å²) in [5, 5.41) is 35.6. The van der Waals surface area contributed by atoms with Crippen molar-refractivity contribution in [2.75, 3.05) is 13.6 Å². The normalized spacial score (nSPS) is 23.6. The van der Waals surface area contributed by atoms with E-state index in [1.165, 1.54) is 27.0 Å². The van der Waals surface area contributed by atoms with Crippen molar-refractivity contribution in [3.63, 3.8) is 0 Å². The number of ether oxygens (including phenoxy) is 1. The minimum atomic E-state index is -1.88. The van der Waals surface area contributed by atoms with Crippen LogP contribution in [0.25, 0.3) is 0 Å². The number of nitrogens with zero attached hydrogens (tertiary/aromatic N) is 2. The first-order chi connectivity index (χ1) is 35.1. The number of hydrogen-bond acceptors (Lipinski definition) is 12. The molecule has 0 radical (unpaired) electrons. The molecule has 12 N–H and O–H groups in total. The fraction of sp³-hybridized carbons (Fsp3) is 0.558. The van der Waals surface area contributed by atoms with Crippen LogP contribution in [0.5, 0.6) is 0 Å². The van der Waals surface area contributed by atoms with Crippen molar-refractivity contribution in [1.82, 2.24) is 36.8 Å². The van der Waals surface area contributed by atoms with Crippen molar-refractivity contribution in [3.8, 4) is 0 Å². The number of aliphatic imine (C=N–C) groups is 1. The average Bonchev–Trinajstić information content (AvgIpc) is 3.32. The number of allylic oxidation sites excluding steroid dienone is 2. The number of amides is 7. The highest BCUT2D eigenvalue weighted by atomic mass is 16.5. The lowest BCUT2D eigenvalue weighted by atomic mass is 9.94. The van der Waals surface area contributed by atoms with Crippen molar-refractivity contribution < 1.29 is 62.9 Å². The third-order valence-electron chi connectivity index (χ3n) is 12.1. The Bertz CT molecular complexity index is 2300. The Hall–Kier alpha value is -7.59. The van der Waals surface area contributed by atoms with Crippen LogP contribution in [0.2, 0.25) is 0 Å². The number of nitrogens with two attached hydrogens (primary N) is 2. The molecule has 0 saturated carbocycles. The largest absolute Gasteiger partial charge is 0.480 e. The molecule has 0 bridgehead atoms. The number of carbonyl (C=O) groups excluding carboxylic acids is 8. The zero-order chi connectivity index (χ0) is 56.7. The molecule has 1 saturated heterocycles. The highest BCUT2D eigenvalue weighted by Crippen LogP contribution is 2.20. The topological polar surface area (TPSA) is 360 Å². The Morgan fingerprint density at radius 2 is 1.36 bits per heavy atom. The predicted octanol–water partition coefficient (Wildman–Crippen LogP) is 1.32. The number of nitrogens with one attached hydrogen (secondary N) is 6. The maximum atomic E-state index is 14.4. The summed E-state index contributed by atoms with van der Waals surface area (Å²) in [5.41, 5.74) is 12.1. The van der Waals surface area contributed by atoms with Crippen LogP contribution >= 0.6 is 0 Å². The lowest BCUT2D eigenvalue weighted by Gasteiger charge is -2.27. The smallest absolute Gasteiger partial charge is 0.326 e. The number of hydrogen-bond donors (Lipinski definition) is 10. The molecule has 23 nitrogen and oxygen atoms in total. The Balaban J connectivity index is 2.76. The summed E-state index contributed by atoms with van der Waals surface area (Å²) in [4.78, 5) is 139. The average molecular weight is 1050 g/mol. The van der Waals surface area contributed by atoms with E-state index < -0.39 is 132 Å². The number of carbonyl (C=O) groups is 10. The highest BCUT2D eigenvalue weighted by Gasteiger charge is 2.35. The standard InChI is InChI=1S/C52H78N10O13/c1-28(2)23-39-48(69)60-40(24-29(3)4)49(70)61-41(51(73)74)27-43(64)56-37(17-14-22-55-52(53)54)47(68)57-36(19-18-30(5)25-31(6)42(75-34(9)63)26-35-15-12-11-13-16-35)32(7)45(66)58-38(50(71)72)20-21-44(65)62(10)33(8)46(67)59-39/h11-13,15-16,18-19,25,28-29,31-32,36-42H,8,14,17,20-24,26-27H2,1-7,9-10H3,(H,56,64)(H,57,68)(H,58,66)(H,59,67)(H,60,69)(H,61,70)(H,71,72)(H,73,74)(H4,53,54,55)/b19-18+,30-25+/t31-,32-,36-,37-,38+,39+,40-,41+,42-/m0/s1. The minimum absolute atomic E-state index is 0.000571. The first kappa shape index (κ1) is 63.5. The number of carboxylic acids is 2. The lowest BCUT2D eigenvalue weighted by Crippen LogP contribution is -2.57. The van der Waals surface area contributed by atoms with Crippen molar-refractivity contribution in [2.45, 2.75) is 149 Å². The monoisotopic (exact) mass is 1050 g/mol. The van der Waals surface area contributed by atoms with Crippen molar-refractivity contribution in [1.29, 1.82) is 0 Å². The second-order valence-electron chi connectivity index (χ2n) is 19.6. The quantitative estimate of drug-likeness (QED) is 0.0263. The minimum Gasteiger partial charge on any atom is -0.480 e. The SMILES string of the molecule is C=C1C(=O)N[C@H](CC(C)C)C(=O)N[C@@H](CC(C)C)C(=O)N[C@@H](C(=O)O)CC(=O)N[C@@H](CCCN=C(N)N)C(=O)N[C@@H](/C=C/C(C)=C/[C@H](C)[C@H](Cc2ccccc2)OC(C)=O)[C@H](C)C(=O)N[C@@H](C(=O)O)CCC(=O)N1C. The van der Waals surface area contributed by atoms with E-state index in [-0.39, 0.29) is 55.9 Å². The molecule has 414 valence electrons. The fourth-order valence-corrected chi connectivity index (χ4v) is 7.90. The Morgan fingerprint density at radius 3 is 1.92 bits per heavy atom. The Labute approximate surface area is 438 Å². The molecule has 0 aromatic heterocycles. The fourth-order valence-electron chi connectivity index (χ4n) is 7.90. The van der Waals surface area contributed by atoms with E-state index in [9.17, 15) is 58.2 Å². The van der Waals surface area contributed by atoms with Gasteiger partial charge in [-0.2, -0.15) is 0 Å². The van der Waals surface area contributed by atoms with E-state index in [4.69, 9.17) is 16.2 Å². The summed E-state index contributed by atoms with van der Waals surface area (Å²) in [5.74, 6) is -12.1. The molecule has 23 heteroatoms. The van der Waals surface area contributed by atoms with Crippen molar-refractivity contribution >= 4 is 65.2 Å². The summed E-state index contributed by atoms with van der Waals surface area (Å²) in [6.45, 7) is 17.0. The van der Waals surface area contributed by atoms with Crippen LogP contribution in [-0.4, -0.2) is 136 Å². The molecule has 1 fully saturated rings. The molecular formula is C52H78N10O13. The molecule has 2 rings (SSSR count). The van der Waals surface area contributed by atoms with Gasteiger partial charge in [0.2, 0.25) is 35.4 Å². The van der Waals surface area contributed by atoms with E-state index in [0.29, 0.717) is 12.0 Å². The molecular weight excluding hydrogens is 973 g/mol. The summed E-state index contributed by atoms with van der Waals surface area (Å²) in [7, 11) is 1.22. The third-order valence-corrected chi connectivity index (χ3v) is 12.1. The van der Waals surface area contributed by atoms with Crippen LogP contribution in [0.1, 0.15) is 106 Å². The van der Waals surface area contributed by atoms with E-state index >= 15 is 0 Å². The van der Waals surface area contributed by atoms with Gasteiger partial charge in [0, 0.05) is 39.3 Å². The summed E-state index contributed by atoms with van der Waals surface area (Å²) in [6.07, 6.45) is 2.89. The molecule has 9 atom stereocenters. The molecule has 1 heterocycles. The molecule has 7 amide bonds. The third kappa shape index (κ3) is 23.0. The number of esters is 1. The lowest BCUT2D eigenvalue weighted by molar-refractivity contribution is -0.148. The maximum Gasteiger partial charge on any atom is 0.326 e. The van der Waals surface area contributed by atoms with Crippen LogP contribution in [0, 0.1) is 23.7 Å². The molecule has 1 aliphatic heterocycles. The number of carboxylic acid groups (broad SMARTS) is 2. The van der Waals surface area contributed by atoms with Crippen molar-refractivity contribution in [2.24, 2.45) is 40.1 Å². The zero-order valence-electron chi connectivity index (χ0n) is 44.5. The van der Waals surface area contributed by atoms with Gasteiger partial charge in [0.1, 0.15) is 42.0 Å². The van der Waals surface area contributed by atoms with Gasteiger partial charge in [-0.1, -0.05) is 102 Å². The summed E-state index contributed by atoms with van der Waals surface area (Å²) >= 11 is 0. The molecule has 1 aromatic rings. The van der Waals surface area contributed by atoms with Gasteiger partial charge in [-0.25, -0.2) is 9.59 Å². The Morgan fingerprint density at radius 1 is 0.800 bits per heavy atom. The second-order valence-corrected chi connectivity index (χ2v) is 19.6. The zero-order valence-corrected chi connectivity index (χ0v) is 44.5. The van der Waals surface area contributed by atoms with Crippen LogP contribution in [-0.2, 0) is 59.1 Å². The van der Waals surface area contributed by atoms with Gasteiger partial charge in [-0.05, 0) is 56.4 Å². The summed E-state index contributed by atoms with van der Waals surface area (Å²) < 4.78 is 5.68. The van der Waals surface area contributed by atoms with Gasteiger partial charge in [-0.15, -0.1) is 0 Å². The molecule has 0 spiro atoms. The van der Waals surface area contributed by atoms with E-state index in [2.05, 4.69) is 43.5 Å². The van der Waals surface area contributed by atoms with Gasteiger partial charge in [0.15, 0.2) is 5.96 Å². The van der Waals surface area contributed by atoms with E-state index in [1.807, 2.05) is 43.3 Å². The number of benzene rings is 1.